The van der Waals surface area contributed by atoms with Crippen molar-refractivity contribution in [2.24, 2.45) is 0 Å². The molecule has 0 aliphatic carbocycles. The maximum atomic E-state index is 12.4. The Morgan fingerprint density at radius 2 is 1.93 bits per heavy atom. The van der Waals surface area contributed by atoms with Crippen molar-refractivity contribution >= 4 is 21.8 Å². The van der Waals surface area contributed by atoms with Crippen molar-refractivity contribution in [3.05, 3.63) is 69.8 Å². The van der Waals surface area contributed by atoms with E-state index in [9.17, 15) is 10.1 Å². The van der Waals surface area contributed by atoms with Crippen LogP contribution in [0.2, 0.25) is 0 Å². The van der Waals surface area contributed by atoms with Crippen LogP contribution in [0.15, 0.2) is 58.7 Å². The molecule has 0 aliphatic heterocycles. The Morgan fingerprint density at radius 1 is 1.21 bits per heavy atom. The van der Waals surface area contributed by atoms with Gasteiger partial charge >= 0.3 is 0 Å². The van der Waals surface area contributed by atoms with Gasteiger partial charge in [0.2, 0.25) is 0 Å². The highest BCUT2D eigenvalue weighted by Gasteiger charge is 2.15. The van der Waals surface area contributed by atoms with E-state index in [1.165, 1.54) is 6.20 Å². The second-order valence-corrected chi connectivity index (χ2v) is 6.81. The van der Waals surface area contributed by atoms with Gasteiger partial charge in [-0.3, -0.25) is 4.79 Å². The van der Waals surface area contributed by atoms with Crippen LogP contribution in [-0.2, 0) is 11.3 Å². The average molecular weight is 444 g/mol. The predicted molar refractivity (Wildman–Crippen MR) is 111 cm³/mol. The summed E-state index contributed by atoms with van der Waals surface area (Å²) in [6.07, 6.45) is 1.43. The standard InChI is InChI=1S/C21H22BrN3O3/c1-14(15-8-9-19(27-2)20(10-15)28-3)25-21(26)17(11-23)13-24-12-16-6-4-5-7-18(16)22/h4-10,13-14,24H,12H2,1-3H3,(H,25,26)/b17-13-. The lowest BCUT2D eigenvalue weighted by Crippen LogP contribution is -2.28. The highest BCUT2D eigenvalue weighted by atomic mass is 79.9. The van der Waals surface area contributed by atoms with E-state index < -0.39 is 5.91 Å². The molecule has 146 valence electrons. The third-order valence-corrected chi connectivity index (χ3v) is 4.89. The zero-order valence-corrected chi connectivity index (χ0v) is 17.5. The van der Waals surface area contributed by atoms with E-state index in [1.807, 2.05) is 43.3 Å². The lowest BCUT2D eigenvalue weighted by Gasteiger charge is -2.16. The van der Waals surface area contributed by atoms with Gasteiger partial charge in [-0.25, -0.2) is 0 Å². The topological polar surface area (TPSA) is 83.4 Å². The number of benzene rings is 2. The van der Waals surface area contributed by atoms with Crippen molar-refractivity contribution in [2.75, 3.05) is 14.2 Å². The van der Waals surface area contributed by atoms with Gasteiger partial charge in [0.05, 0.1) is 20.3 Å². The zero-order valence-electron chi connectivity index (χ0n) is 16.0. The van der Waals surface area contributed by atoms with Gasteiger partial charge < -0.3 is 20.1 Å². The first kappa shape index (κ1) is 21.3. The molecule has 0 bridgehead atoms. The van der Waals surface area contributed by atoms with Crippen molar-refractivity contribution in [1.82, 2.24) is 10.6 Å². The molecule has 0 aliphatic rings. The number of rotatable bonds is 8. The first-order valence-electron chi connectivity index (χ1n) is 8.60. The second kappa shape index (κ2) is 10.4. The van der Waals surface area contributed by atoms with E-state index >= 15 is 0 Å². The maximum absolute atomic E-state index is 12.4. The van der Waals surface area contributed by atoms with Crippen LogP contribution in [0, 0.1) is 11.3 Å². The Hall–Kier alpha value is -2.98. The molecule has 1 atom stereocenters. The van der Waals surface area contributed by atoms with Crippen molar-refractivity contribution in [3.8, 4) is 17.6 Å². The Bertz CT molecular complexity index is 906. The fourth-order valence-electron chi connectivity index (χ4n) is 2.53. The van der Waals surface area contributed by atoms with Crippen LogP contribution in [0.4, 0.5) is 0 Å². The Kier molecular flexibility index (Phi) is 7.90. The summed E-state index contributed by atoms with van der Waals surface area (Å²) >= 11 is 3.47. The lowest BCUT2D eigenvalue weighted by atomic mass is 10.1. The van der Waals surface area contributed by atoms with E-state index in [0.29, 0.717) is 18.0 Å². The van der Waals surface area contributed by atoms with Gasteiger partial charge in [-0.2, -0.15) is 5.26 Å². The quantitative estimate of drug-likeness (QED) is 0.478. The number of methoxy groups -OCH3 is 2. The number of nitriles is 1. The summed E-state index contributed by atoms with van der Waals surface area (Å²) in [6.45, 7) is 2.33. The van der Waals surface area contributed by atoms with Gasteiger partial charge in [0.15, 0.2) is 11.5 Å². The molecule has 0 aromatic heterocycles. The molecule has 2 aromatic rings. The van der Waals surface area contributed by atoms with E-state index in [-0.39, 0.29) is 11.6 Å². The minimum absolute atomic E-state index is 0.000574. The number of carbonyl (C=O) groups excluding carboxylic acids is 1. The summed E-state index contributed by atoms with van der Waals surface area (Å²) in [4.78, 5) is 12.4. The monoisotopic (exact) mass is 443 g/mol. The molecule has 2 rings (SSSR count). The predicted octanol–water partition coefficient (Wildman–Crippen LogP) is 3.84. The number of amides is 1. The van der Waals surface area contributed by atoms with Gasteiger partial charge in [-0.15, -0.1) is 0 Å². The molecule has 1 unspecified atom stereocenters. The lowest BCUT2D eigenvalue weighted by molar-refractivity contribution is -0.117. The fourth-order valence-corrected chi connectivity index (χ4v) is 2.96. The van der Waals surface area contributed by atoms with Crippen LogP contribution in [0.1, 0.15) is 24.1 Å². The zero-order chi connectivity index (χ0) is 20.5. The Balaban J connectivity index is 2.03. The Labute approximate surface area is 173 Å². The van der Waals surface area contributed by atoms with E-state index in [4.69, 9.17) is 9.47 Å². The number of halogens is 1. The number of nitrogens with one attached hydrogen (secondary N) is 2. The molecule has 0 radical (unpaired) electrons. The molecule has 0 spiro atoms. The van der Waals surface area contributed by atoms with Crippen LogP contribution in [0.25, 0.3) is 0 Å². The summed E-state index contributed by atoms with van der Waals surface area (Å²) in [5.74, 6) is 0.732. The average Bonchev–Trinajstić information content (AvgIpc) is 2.71. The molecule has 2 N–H and O–H groups in total. The normalized spacial score (nSPS) is 11.9. The van der Waals surface area contributed by atoms with Crippen LogP contribution in [-0.4, -0.2) is 20.1 Å². The molecule has 6 nitrogen and oxygen atoms in total. The van der Waals surface area contributed by atoms with Gasteiger partial charge in [0, 0.05) is 17.2 Å². The van der Waals surface area contributed by atoms with Crippen LogP contribution < -0.4 is 20.1 Å². The summed E-state index contributed by atoms with van der Waals surface area (Å²) in [7, 11) is 3.12. The van der Waals surface area contributed by atoms with E-state index in [2.05, 4.69) is 26.6 Å². The number of hydrogen-bond donors (Lipinski definition) is 2. The molecular formula is C21H22BrN3O3. The highest BCUT2D eigenvalue weighted by Crippen LogP contribution is 2.29. The second-order valence-electron chi connectivity index (χ2n) is 5.95. The molecule has 7 heteroatoms. The number of hydrogen-bond acceptors (Lipinski definition) is 5. The summed E-state index contributed by atoms with van der Waals surface area (Å²) < 4.78 is 11.5. The molecule has 0 saturated carbocycles. The maximum Gasteiger partial charge on any atom is 0.263 e. The summed E-state index contributed by atoms with van der Waals surface area (Å²) in [5, 5.41) is 15.1. The summed E-state index contributed by atoms with van der Waals surface area (Å²) in [5.41, 5.74) is 1.86. The molecule has 0 saturated heterocycles. The molecule has 1 amide bonds. The van der Waals surface area contributed by atoms with E-state index in [0.717, 1.165) is 15.6 Å². The fraction of sp³-hybridized carbons (Fsp3) is 0.238. The smallest absolute Gasteiger partial charge is 0.263 e. The first-order chi connectivity index (χ1) is 13.5. The van der Waals surface area contributed by atoms with E-state index in [1.54, 1.807) is 26.4 Å². The summed E-state index contributed by atoms with van der Waals surface area (Å²) in [6, 6.07) is 14.8. The van der Waals surface area contributed by atoms with Crippen LogP contribution in [0.3, 0.4) is 0 Å². The van der Waals surface area contributed by atoms with Gasteiger partial charge in [0.1, 0.15) is 11.6 Å². The largest absolute Gasteiger partial charge is 0.493 e. The highest BCUT2D eigenvalue weighted by molar-refractivity contribution is 9.10. The molecule has 0 fully saturated rings. The number of nitrogens with zero attached hydrogens (tertiary/aromatic N) is 1. The number of carbonyl (C=O) groups is 1. The van der Waals surface area contributed by atoms with Crippen molar-refractivity contribution < 1.29 is 14.3 Å². The van der Waals surface area contributed by atoms with Gasteiger partial charge in [-0.1, -0.05) is 40.2 Å². The third-order valence-electron chi connectivity index (χ3n) is 4.12. The van der Waals surface area contributed by atoms with Crippen LogP contribution >= 0.6 is 15.9 Å². The minimum atomic E-state index is -0.454. The number of ether oxygens (including phenoxy) is 2. The van der Waals surface area contributed by atoms with Gasteiger partial charge in [0.25, 0.3) is 5.91 Å². The van der Waals surface area contributed by atoms with Crippen molar-refractivity contribution in [1.29, 1.82) is 5.26 Å². The van der Waals surface area contributed by atoms with Gasteiger partial charge in [-0.05, 0) is 36.2 Å². The molecule has 28 heavy (non-hydrogen) atoms. The molecule has 0 heterocycles. The minimum Gasteiger partial charge on any atom is -0.493 e. The first-order valence-corrected chi connectivity index (χ1v) is 9.39. The molecule has 2 aromatic carbocycles. The van der Waals surface area contributed by atoms with Crippen molar-refractivity contribution in [3.63, 3.8) is 0 Å². The molecular weight excluding hydrogens is 422 g/mol. The third kappa shape index (κ3) is 5.51. The Morgan fingerprint density at radius 3 is 2.57 bits per heavy atom. The van der Waals surface area contributed by atoms with Crippen molar-refractivity contribution in [2.45, 2.75) is 19.5 Å². The SMILES string of the molecule is COc1ccc(C(C)NC(=O)/C(C#N)=C\NCc2ccccc2Br)cc1OC. The van der Waals surface area contributed by atoms with Crippen LogP contribution in [0.5, 0.6) is 11.5 Å².